The van der Waals surface area contributed by atoms with Crippen molar-refractivity contribution in [1.29, 1.82) is 0 Å². The van der Waals surface area contributed by atoms with Gasteiger partial charge in [-0.2, -0.15) is 0 Å². The van der Waals surface area contributed by atoms with Crippen molar-refractivity contribution in [2.75, 3.05) is 0 Å². The van der Waals surface area contributed by atoms with Crippen LogP contribution in [0.25, 0.3) is 0 Å². The van der Waals surface area contributed by atoms with Crippen LogP contribution in [0.2, 0.25) is 23.2 Å². The van der Waals surface area contributed by atoms with Crippen molar-refractivity contribution in [1.82, 2.24) is 4.90 Å². The lowest BCUT2D eigenvalue weighted by Gasteiger charge is -2.50. The summed E-state index contributed by atoms with van der Waals surface area (Å²) in [5.74, 6) is 0. The molecule has 182 valence electrons. The molecule has 0 atom stereocenters. The second-order valence-corrected chi connectivity index (χ2v) is 36.0. The Kier molecular flexibility index (Phi) is 10.6. The molecule has 0 N–H and O–H groups in total. The summed E-state index contributed by atoms with van der Waals surface area (Å²) in [6.45, 7) is -0.0408. The number of nitrogens with zero attached hydrogens (tertiary/aromatic N) is 1. The van der Waals surface area contributed by atoms with Gasteiger partial charge in [0.15, 0.2) is 0 Å². The Balaban J connectivity index is 1.69. The van der Waals surface area contributed by atoms with Crippen LogP contribution >= 0.6 is 88.6 Å². The molecule has 3 aliphatic carbocycles. The van der Waals surface area contributed by atoms with Gasteiger partial charge in [0.2, 0.25) is 0 Å². The van der Waals surface area contributed by atoms with Crippen molar-refractivity contribution >= 4 is 107 Å². The molecule has 31 heavy (non-hydrogen) atoms. The second kappa shape index (κ2) is 11.5. The molecule has 12 heteroatoms. The minimum absolute atomic E-state index is 0.289. The first-order valence-electron chi connectivity index (χ1n) is 11.6. The monoisotopic (exact) mass is 639 g/mol. The molecular weight excluding hydrogens is 610 g/mol. The number of hydrogen-bond acceptors (Lipinski definition) is 1. The third-order valence-electron chi connectivity index (χ3n) is 8.00. The lowest BCUT2D eigenvalue weighted by atomic mass is 9.83. The Bertz CT molecular complexity index is 489. The summed E-state index contributed by atoms with van der Waals surface area (Å²) in [6, 6.07) is -3.51. The van der Waals surface area contributed by atoms with Gasteiger partial charge < -0.3 is 0 Å². The van der Waals surface area contributed by atoms with Crippen LogP contribution in [0.15, 0.2) is 0 Å². The normalized spacial score (nSPS) is 36.6. The molecule has 0 saturated heterocycles. The molecule has 0 unspecified atom stereocenters. The molecule has 0 aromatic heterocycles. The van der Waals surface area contributed by atoms with E-state index in [4.69, 9.17) is 88.6 Å². The molecule has 0 amide bonds. The predicted octanol–water partition coefficient (Wildman–Crippen LogP) is 10.1. The zero-order valence-corrected chi connectivity index (χ0v) is 27.0. The first-order valence-corrected chi connectivity index (χ1v) is 26.4. The van der Waals surface area contributed by atoms with Crippen molar-refractivity contribution < 1.29 is 0 Å². The summed E-state index contributed by atoms with van der Waals surface area (Å²) in [5.41, 5.74) is 1.08. The van der Waals surface area contributed by atoms with Gasteiger partial charge in [0.05, 0.1) is 0 Å². The van der Waals surface area contributed by atoms with Crippen molar-refractivity contribution in [2.45, 2.75) is 118 Å². The highest BCUT2D eigenvalue weighted by atomic mass is 35.8. The smallest absolute Gasteiger partial charge is 0.294 e. The van der Waals surface area contributed by atoms with Crippen molar-refractivity contribution in [3.63, 3.8) is 0 Å². The third-order valence-corrected chi connectivity index (χ3v) is 20.4. The average Bonchev–Trinajstić information content (AvgIpc) is 2.67. The molecule has 3 saturated carbocycles. The second-order valence-electron chi connectivity index (χ2n) is 10.0. The molecule has 3 fully saturated rings. The van der Waals surface area contributed by atoms with Gasteiger partial charge >= 0.3 is 12.0 Å². The molecule has 3 aliphatic rings. The van der Waals surface area contributed by atoms with Crippen LogP contribution in [-0.4, -0.2) is 41.7 Å². The van der Waals surface area contributed by atoms with E-state index in [-0.39, 0.29) is 11.1 Å². The standard InChI is InChI=1S/C19H33Cl8NSi3/c1-29(20,21)17-8-2-14(3-9-17)28(15-4-10-18(11-5-15)30(22,23)24)16-6-12-19(13-7-16)31(25,26)27/h14-19H,2-13H2,1H3. The lowest BCUT2D eigenvalue weighted by Crippen LogP contribution is -2.53. The van der Waals surface area contributed by atoms with Crippen LogP contribution in [-0.2, 0) is 0 Å². The molecular formula is C19H33Cl8NSi3. The Morgan fingerprint density at radius 3 is 0.935 bits per heavy atom. The van der Waals surface area contributed by atoms with Crippen LogP contribution in [0.3, 0.4) is 0 Å². The average molecular weight is 643 g/mol. The Labute approximate surface area is 228 Å². The zero-order chi connectivity index (χ0) is 23.0. The van der Waals surface area contributed by atoms with Crippen molar-refractivity contribution in [3.8, 4) is 0 Å². The van der Waals surface area contributed by atoms with Gasteiger partial charge in [-0.1, -0.05) is 0 Å². The van der Waals surface area contributed by atoms with Crippen molar-refractivity contribution in [2.24, 2.45) is 0 Å². The van der Waals surface area contributed by atoms with Gasteiger partial charge in [0.1, 0.15) is 0 Å². The maximum absolute atomic E-state index is 6.58. The highest BCUT2D eigenvalue weighted by Crippen LogP contribution is 2.50. The van der Waals surface area contributed by atoms with Crippen LogP contribution in [0.1, 0.15) is 77.0 Å². The maximum Gasteiger partial charge on any atom is 0.344 e. The Morgan fingerprint density at radius 1 is 0.452 bits per heavy atom. The highest BCUT2D eigenvalue weighted by molar-refractivity contribution is 7.65. The summed E-state index contributed by atoms with van der Waals surface area (Å²) >= 11 is 51.3. The van der Waals surface area contributed by atoms with E-state index in [2.05, 4.69) is 11.4 Å². The predicted molar refractivity (Wildman–Crippen MR) is 150 cm³/mol. The summed E-state index contributed by atoms with van der Waals surface area (Å²) in [4.78, 5) is 2.86. The van der Waals surface area contributed by atoms with Crippen LogP contribution in [0.4, 0.5) is 0 Å². The SMILES string of the molecule is C[Si](Cl)(Cl)C1CCC(N(C2CCC([Si](Cl)(Cl)Cl)CC2)C2CCC([Si](Cl)(Cl)Cl)CC2)CC1. The van der Waals surface area contributed by atoms with Gasteiger partial charge in [0.25, 0.3) is 6.69 Å². The molecule has 0 aromatic carbocycles. The molecule has 0 heterocycles. The lowest BCUT2D eigenvalue weighted by molar-refractivity contribution is 0.0220. The number of halogens is 8. The molecule has 1 nitrogen and oxygen atoms in total. The first-order chi connectivity index (χ1) is 14.3. The van der Waals surface area contributed by atoms with Crippen LogP contribution < -0.4 is 0 Å². The molecule has 0 spiro atoms. The summed E-state index contributed by atoms with van der Waals surface area (Å²) in [6.07, 6.45) is 13.3. The Hall–Kier alpha value is 2.93. The Morgan fingerprint density at radius 2 is 0.710 bits per heavy atom. The fourth-order valence-electron chi connectivity index (χ4n) is 6.18. The highest BCUT2D eigenvalue weighted by Gasteiger charge is 2.46. The fraction of sp³-hybridized carbons (Fsp3) is 1.00. The van der Waals surface area contributed by atoms with Gasteiger partial charge in [0, 0.05) is 18.1 Å². The quantitative estimate of drug-likeness (QED) is 0.206. The van der Waals surface area contributed by atoms with E-state index >= 15 is 0 Å². The van der Waals surface area contributed by atoms with Gasteiger partial charge in [-0.3, -0.25) is 4.90 Å². The molecule has 3 rings (SSSR count). The van der Waals surface area contributed by atoms with E-state index < -0.39 is 18.7 Å². The van der Waals surface area contributed by atoms with Gasteiger partial charge in [-0.15, -0.1) is 88.6 Å². The molecule has 0 bridgehead atoms. The van der Waals surface area contributed by atoms with Gasteiger partial charge in [-0.05, 0) is 100 Å². The summed E-state index contributed by atoms with van der Waals surface area (Å²) in [7, 11) is 0. The molecule has 0 radical (unpaired) electrons. The third kappa shape index (κ3) is 7.96. The van der Waals surface area contributed by atoms with Crippen LogP contribution in [0.5, 0.6) is 0 Å². The van der Waals surface area contributed by atoms with Crippen LogP contribution in [0, 0.1) is 0 Å². The minimum atomic E-state index is -2.63. The fourth-order valence-corrected chi connectivity index (χ4v) is 14.7. The molecule has 0 aliphatic heterocycles. The molecule has 0 aromatic rings. The van der Waals surface area contributed by atoms with E-state index in [1.54, 1.807) is 0 Å². The van der Waals surface area contributed by atoms with E-state index in [1.807, 2.05) is 0 Å². The summed E-state index contributed by atoms with van der Waals surface area (Å²) in [5, 5.41) is 0. The zero-order valence-electron chi connectivity index (χ0n) is 17.9. The van der Waals surface area contributed by atoms with E-state index in [0.717, 1.165) is 64.2 Å². The van der Waals surface area contributed by atoms with E-state index in [0.29, 0.717) is 23.7 Å². The topological polar surface area (TPSA) is 3.24 Å². The largest absolute Gasteiger partial charge is 0.344 e. The first kappa shape index (κ1) is 28.5. The van der Waals surface area contributed by atoms with Crippen molar-refractivity contribution in [3.05, 3.63) is 0 Å². The maximum atomic E-state index is 6.58. The minimum Gasteiger partial charge on any atom is -0.294 e. The number of hydrogen-bond donors (Lipinski definition) is 0. The van der Waals surface area contributed by atoms with E-state index in [9.17, 15) is 0 Å². The summed E-state index contributed by atoms with van der Waals surface area (Å²) < 4.78 is 0. The van der Waals surface area contributed by atoms with E-state index in [1.165, 1.54) is 12.8 Å². The number of rotatable bonds is 6. The van der Waals surface area contributed by atoms with Gasteiger partial charge in [-0.25, -0.2) is 0 Å².